The average Bonchev–Trinajstić information content (AvgIpc) is 0.722. The summed E-state index contributed by atoms with van der Waals surface area (Å²) < 4.78 is 0. The maximum atomic E-state index is 7.33. The van der Waals surface area contributed by atoms with Crippen molar-refractivity contribution in [1.82, 2.24) is 0 Å². The third-order valence-electron chi connectivity index (χ3n) is 0. The van der Waals surface area contributed by atoms with Crippen molar-refractivity contribution in [2.24, 2.45) is 0 Å². The van der Waals surface area contributed by atoms with Crippen LogP contribution >= 0.6 is 8.17 Å². The van der Waals surface area contributed by atoms with Gasteiger partial charge in [0.2, 0.25) is 0 Å². The third-order valence-corrected chi connectivity index (χ3v) is 0. The van der Waals surface area contributed by atoms with E-state index in [1.807, 2.05) is 0 Å². The van der Waals surface area contributed by atoms with Crippen LogP contribution in [0.25, 0.3) is 0 Å². The van der Waals surface area contributed by atoms with Crippen LogP contribution in [-0.2, 0) is 16.8 Å². The van der Waals surface area contributed by atoms with E-state index in [2.05, 4.69) is 0 Å². The molecule has 0 aliphatic heterocycles. The first-order chi connectivity index (χ1) is 2.00. The van der Waals surface area contributed by atoms with Gasteiger partial charge in [0.25, 0.3) is 0 Å². The summed E-state index contributed by atoms with van der Waals surface area (Å²) in [6, 6.07) is 0. The van der Waals surface area contributed by atoms with Gasteiger partial charge in [0.15, 0.2) is 0 Å². The van der Waals surface area contributed by atoms with Crippen LogP contribution in [-0.4, -0.2) is 19.6 Å². The molecule has 0 rings (SSSR count). The van der Waals surface area contributed by atoms with Crippen LogP contribution in [0, 0.1) is 0 Å². The minimum atomic E-state index is -4.61. The van der Waals surface area contributed by atoms with Gasteiger partial charge in [-0.25, -0.2) is 0 Å². The Bertz CT molecular complexity index is 23.0. The molecule has 0 aromatic rings. The van der Waals surface area contributed by atoms with Crippen LogP contribution in [0.3, 0.4) is 0 Å². The van der Waals surface area contributed by atoms with Gasteiger partial charge in [-0.05, 0) is 0 Å². The molecule has 0 spiro atoms. The predicted molar refractivity (Wildman–Crippen MR) is 17.2 cm³/mol. The second-order valence-corrected chi connectivity index (χ2v) is 1.80. The molecule has 0 saturated heterocycles. The first kappa shape index (κ1) is 9.91. The van der Waals surface area contributed by atoms with Crippen molar-refractivity contribution in [1.29, 1.82) is 0 Å². The second-order valence-electron chi connectivity index (χ2n) is 0.600. The third kappa shape index (κ3) is 113. The van der Waals surface area contributed by atoms with E-state index in [4.69, 9.17) is 19.6 Å². The first-order valence-corrected chi connectivity index (χ1v) is 2.68. The van der Waals surface area contributed by atoms with Crippen molar-refractivity contribution < 1.29 is 36.4 Å². The molecule has 0 bridgehead atoms. The molecule has 1 radical (unpaired) electrons. The number of rotatable bonds is 0. The van der Waals surface area contributed by atoms with Gasteiger partial charge in [-0.2, -0.15) is 0 Å². The molecule has 6 heteroatoms. The smallest absolute Gasteiger partial charge is 0 e. The predicted octanol–water partition coefficient (Wildman–Crippen LogP) is -1.64. The molecule has 0 amide bonds. The van der Waals surface area contributed by atoms with Gasteiger partial charge in [-0.1, -0.05) is 0 Å². The maximum absolute atomic E-state index is 7.33. The minimum Gasteiger partial charge on any atom is 0 e. The van der Waals surface area contributed by atoms with E-state index >= 15 is 0 Å². The molecule has 4 N–H and O–H groups in total. The zero-order chi connectivity index (χ0) is 4.50. The molecule has 0 aliphatic rings. The van der Waals surface area contributed by atoms with E-state index in [-0.39, 0.29) is 16.8 Å². The van der Waals surface area contributed by atoms with Crippen molar-refractivity contribution in [2.45, 2.75) is 0 Å². The largest absolute Gasteiger partial charge is 0 e. The maximum Gasteiger partial charge on any atom is 0 e. The number of hydrogen-bond donors (Lipinski definition) is 4. The van der Waals surface area contributed by atoms with Crippen LogP contribution in [0.15, 0.2) is 0 Å². The van der Waals surface area contributed by atoms with Crippen molar-refractivity contribution in [3.63, 3.8) is 0 Å². The molecule has 0 unspecified atom stereocenters. The van der Waals surface area contributed by atoms with Gasteiger partial charge in [0.1, 0.15) is 0 Å². The Morgan fingerprint density at radius 2 is 0.833 bits per heavy atom. The Morgan fingerprint density at radius 3 is 0.833 bits per heavy atom. The van der Waals surface area contributed by atoms with Gasteiger partial charge in [0.05, 0.1) is 0 Å². The fourth-order valence-corrected chi connectivity index (χ4v) is 0. The molecule has 0 atom stereocenters. The topological polar surface area (TPSA) is 80.9 Å². The van der Waals surface area contributed by atoms with Crippen molar-refractivity contribution >= 4 is 8.17 Å². The molecule has 0 saturated carbocycles. The summed E-state index contributed by atoms with van der Waals surface area (Å²) in [5.41, 5.74) is 0. The molecule has 0 aromatic carbocycles. The van der Waals surface area contributed by atoms with Crippen molar-refractivity contribution in [3.05, 3.63) is 0 Å². The normalized spacial score (nSPS) is 12.7. The quantitative estimate of drug-likeness (QED) is 0.319. The van der Waals surface area contributed by atoms with Crippen LogP contribution in [0.5, 0.6) is 0 Å². The van der Waals surface area contributed by atoms with E-state index in [0.717, 1.165) is 0 Å². The SMILES string of the molecule is O[PH](O)(O)O.[Co]. The van der Waals surface area contributed by atoms with Crippen LogP contribution in [0.1, 0.15) is 0 Å². The summed E-state index contributed by atoms with van der Waals surface area (Å²) in [7, 11) is -4.61. The molecule has 43 valence electrons. The summed E-state index contributed by atoms with van der Waals surface area (Å²) in [4.78, 5) is 29.3. The van der Waals surface area contributed by atoms with E-state index in [9.17, 15) is 0 Å². The Kier molecular flexibility index (Phi) is 4.74. The zero-order valence-electron chi connectivity index (χ0n) is 2.62. The zero-order valence-corrected chi connectivity index (χ0v) is 4.66. The van der Waals surface area contributed by atoms with Gasteiger partial charge < -0.3 is 0 Å². The summed E-state index contributed by atoms with van der Waals surface area (Å²) in [5.74, 6) is 0. The molecule has 0 fully saturated rings. The monoisotopic (exact) mass is 159 g/mol. The van der Waals surface area contributed by atoms with E-state index in [1.165, 1.54) is 0 Å². The van der Waals surface area contributed by atoms with E-state index < -0.39 is 8.17 Å². The van der Waals surface area contributed by atoms with Gasteiger partial charge in [0, 0.05) is 16.8 Å². The van der Waals surface area contributed by atoms with Gasteiger partial charge in [-0.15, -0.1) is 0 Å². The summed E-state index contributed by atoms with van der Waals surface area (Å²) >= 11 is 0. The average molecular weight is 159 g/mol. The second kappa shape index (κ2) is 2.87. The van der Waals surface area contributed by atoms with E-state index in [0.29, 0.717) is 0 Å². The molecule has 0 heterocycles. The Morgan fingerprint density at radius 1 is 0.833 bits per heavy atom. The minimum absolute atomic E-state index is 0. The van der Waals surface area contributed by atoms with Crippen molar-refractivity contribution in [3.8, 4) is 0 Å². The fraction of sp³-hybridized carbons (Fsp3) is 0. The van der Waals surface area contributed by atoms with Gasteiger partial charge in [-0.3, -0.25) is 0 Å². The first-order valence-electron chi connectivity index (χ1n) is 0.894. The molecule has 4 nitrogen and oxygen atoms in total. The molecule has 0 aliphatic carbocycles. The fourth-order valence-electron chi connectivity index (χ4n) is 0. The summed E-state index contributed by atoms with van der Waals surface area (Å²) in [6.07, 6.45) is 0. The Balaban J connectivity index is 0. The standard InChI is InChI=1S/Co.H5O4P/c;1-5(2,3)4/h;1-5H. The molecule has 0 aromatic heterocycles. The Labute approximate surface area is 45.3 Å². The molecular weight excluding hydrogens is 154 g/mol. The molecule has 6 heavy (non-hydrogen) atoms. The van der Waals surface area contributed by atoms with Crippen LogP contribution < -0.4 is 0 Å². The van der Waals surface area contributed by atoms with Crippen molar-refractivity contribution in [2.75, 3.05) is 0 Å². The Hall–Kier alpha value is 0.776. The summed E-state index contributed by atoms with van der Waals surface area (Å²) in [6.45, 7) is 0. The van der Waals surface area contributed by atoms with E-state index in [1.54, 1.807) is 0 Å². The van der Waals surface area contributed by atoms with Gasteiger partial charge >= 0.3 is 27.7 Å². The molecular formula is H5CoO4P. The van der Waals surface area contributed by atoms with Crippen LogP contribution in [0.2, 0.25) is 0 Å². The van der Waals surface area contributed by atoms with Crippen LogP contribution in [0.4, 0.5) is 0 Å². The number of hydrogen-bond acceptors (Lipinski definition) is 4. The summed E-state index contributed by atoms with van der Waals surface area (Å²) in [5, 5.41) is 0.